The molecule has 162 valence electrons. The lowest BCUT2D eigenvalue weighted by Gasteiger charge is -2.43. The molecular weight excluding hydrogens is 413 g/mol. The molecule has 4 aromatic carbocycles. The van der Waals surface area contributed by atoms with Crippen LogP contribution in [0.3, 0.4) is 0 Å². The van der Waals surface area contributed by atoms with E-state index in [1.54, 1.807) is 0 Å². The number of fused-ring (bicyclic) bond motifs is 1. The summed E-state index contributed by atoms with van der Waals surface area (Å²) in [6.07, 6.45) is 2.15. The van der Waals surface area contributed by atoms with Gasteiger partial charge in [-0.15, -0.1) is 0 Å². The quantitative estimate of drug-likeness (QED) is 0.360. The van der Waals surface area contributed by atoms with Crippen LogP contribution in [0.25, 0.3) is 11.3 Å². The van der Waals surface area contributed by atoms with Crippen LogP contribution < -0.4 is 15.4 Å². The Labute approximate surface area is 200 Å². The van der Waals surface area contributed by atoms with Gasteiger partial charge in [-0.25, -0.2) is 0 Å². The number of aromatic nitrogens is 1. The zero-order chi connectivity index (χ0) is 22.8. The molecule has 5 aromatic rings. The van der Waals surface area contributed by atoms with Crippen LogP contribution in [0.15, 0.2) is 146 Å². The van der Waals surface area contributed by atoms with E-state index in [0.717, 1.165) is 39.1 Å². The minimum absolute atomic E-state index is 0.894. The SMILES string of the molecule is c1ccc(C2=C(c3ccccc3)c3cccc[n+]3[B-](c3ccccc3)(c3ccccc3)O2)cc1. The summed E-state index contributed by atoms with van der Waals surface area (Å²) >= 11 is 0. The largest absolute Gasteiger partial charge is 0.650 e. The lowest BCUT2D eigenvalue weighted by molar-refractivity contribution is -0.558. The second kappa shape index (κ2) is 8.53. The Balaban J connectivity index is 1.74. The Hall–Kier alpha value is -4.37. The molecule has 1 aliphatic rings. The van der Waals surface area contributed by atoms with Gasteiger partial charge in [0.15, 0.2) is 5.69 Å². The van der Waals surface area contributed by atoms with Crippen LogP contribution in [0.1, 0.15) is 16.8 Å². The predicted octanol–water partition coefficient (Wildman–Crippen LogP) is 5.03. The molecule has 1 aromatic heterocycles. The van der Waals surface area contributed by atoms with Crippen LogP contribution in [0, 0.1) is 0 Å². The third-order valence-corrected chi connectivity index (χ3v) is 6.65. The van der Waals surface area contributed by atoms with E-state index < -0.39 is 6.48 Å². The van der Waals surface area contributed by atoms with Crippen molar-refractivity contribution < 1.29 is 9.13 Å². The van der Waals surface area contributed by atoms with Crippen molar-refractivity contribution in [1.29, 1.82) is 0 Å². The number of hydrogen-bond acceptors (Lipinski definition) is 1. The highest BCUT2D eigenvalue weighted by molar-refractivity contribution is 6.91. The van der Waals surface area contributed by atoms with Crippen molar-refractivity contribution in [1.82, 2.24) is 0 Å². The average Bonchev–Trinajstić information content (AvgIpc) is 2.94. The molecule has 0 aliphatic carbocycles. The van der Waals surface area contributed by atoms with Crippen LogP contribution in [-0.2, 0) is 4.65 Å². The van der Waals surface area contributed by atoms with Gasteiger partial charge in [0.05, 0.1) is 11.3 Å². The van der Waals surface area contributed by atoms with Gasteiger partial charge in [0, 0.05) is 11.6 Å². The summed E-state index contributed by atoms with van der Waals surface area (Å²) in [7, 11) is 0. The minimum Gasteiger partial charge on any atom is -0.650 e. The van der Waals surface area contributed by atoms with Crippen molar-refractivity contribution in [2.24, 2.45) is 0 Å². The molecule has 2 heterocycles. The van der Waals surface area contributed by atoms with E-state index in [0.29, 0.717) is 0 Å². The lowest BCUT2D eigenvalue weighted by Crippen LogP contribution is -2.82. The minimum atomic E-state index is -1.78. The van der Waals surface area contributed by atoms with Gasteiger partial charge in [-0.05, 0) is 11.6 Å². The molecule has 2 nitrogen and oxygen atoms in total. The molecule has 0 spiro atoms. The van der Waals surface area contributed by atoms with Crippen LogP contribution in [0.4, 0.5) is 0 Å². The van der Waals surface area contributed by atoms with Crippen molar-refractivity contribution in [3.05, 3.63) is 163 Å². The van der Waals surface area contributed by atoms with E-state index in [4.69, 9.17) is 4.65 Å². The van der Waals surface area contributed by atoms with Crippen molar-refractivity contribution in [3.8, 4) is 0 Å². The fraction of sp³-hybridized carbons (Fsp3) is 0. The first kappa shape index (κ1) is 20.3. The summed E-state index contributed by atoms with van der Waals surface area (Å²) in [5, 5.41) is 0. The normalized spacial score (nSPS) is 14.2. The monoisotopic (exact) mass is 437 g/mol. The molecule has 0 N–H and O–H groups in total. The van der Waals surface area contributed by atoms with Gasteiger partial charge < -0.3 is 9.13 Å². The topological polar surface area (TPSA) is 13.1 Å². The van der Waals surface area contributed by atoms with Gasteiger partial charge in [-0.3, -0.25) is 0 Å². The summed E-state index contributed by atoms with van der Waals surface area (Å²) in [5.74, 6) is 0.894. The molecule has 34 heavy (non-hydrogen) atoms. The Morgan fingerprint density at radius 2 is 0.941 bits per heavy atom. The fourth-order valence-electron chi connectivity index (χ4n) is 5.15. The van der Waals surface area contributed by atoms with E-state index in [-0.39, 0.29) is 0 Å². The predicted molar refractivity (Wildman–Crippen MR) is 140 cm³/mol. The van der Waals surface area contributed by atoms with Crippen molar-refractivity contribution >= 4 is 28.7 Å². The summed E-state index contributed by atoms with van der Waals surface area (Å²) in [4.78, 5) is 0. The molecule has 0 saturated carbocycles. The maximum absolute atomic E-state index is 7.33. The lowest BCUT2D eigenvalue weighted by atomic mass is 9.40. The highest BCUT2D eigenvalue weighted by Crippen LogP contribution is 2.36. The Morgan fingerprint density at radius 1 is 0.471 bits per heavy atom. The van der Waals surface area contributed by atoms with Crippen LogP contribution in [0.2, 0.25) is 0 Å². The van der Waals surface area contributed by atoms with E-state index in [1.807, 2.05) is 6.07 Å². The van der Waals surface area contributed by atoms with E-state index in [9.17, 15) is 0 Å². The van der Waals surface area contributed by atoms with Crippen LogP contribution in [-0.4, -0.2) is 6.48 Å². The first-order valence-corrected chi connectivity index (χ1v) is 11.7. The molecule has 0 radical (unpaired) electrons. The summed E-state index contributed by atoms with van der Waals surface area (Å²) in [6, 6.07) is 48.6. The Bertz CT molecular complexity index is 1410. The maximum Gasteiger partial charge on any atom is 0.513 e. The number of rotatable bonds is 4. The van der Waals surface area contributed by atoms with Crippen LogP contribution in [0.5, 0.6) is 0 Å². The summed E-state index contributed by atoms with van der Waals surface area (Å²) in [6.45, 7) is -1.78. The fourth-order valence-corrected chi connectivity index (χ4v) is 5.15. The standard InChI is InChI=1S/C31H24BNO/c1-5-15-25(16-6-1)30-29-23-13-14-24-33(29)32(27-19-9-3-10-20-27,28-21-11-4-12-22-28)34-31(30)26-17-7-2-8-18-26/h1-24H. The Kier molecular flexibility index (Phi) is 5.08. The summed E-state index contributed by atoms with van der Waals surface area (Å²) < 4.78 is 9.66. The second-order valence-corrected chi connectivity index (χ2v) is 8.61. The maximum atomic E-state index is 7.33. The number of hydrogen-bond donors (Lipinski definition) is 0. The number of nitrogens with zero attached hydrogens (tertiary/aromatic N) is 1. The molecule has 0 saturated heterocycles. The van der Waals surface area contributed by atoms with Crippen molar-refractivity contribution in [3.63, 3.8) is 0 Å². The first-order chi connectivity index (χ1) is 16.9. The Morgan fingerprint density at radius 3 is 1.50 bits per heavy atom. The molecular formula is C31H24BNO. The van der Waals surface area contributed by atoms with Crippen molar-refractivity contribution in [2.45, 2.75) is 0 Å². The van der Waals surface area contributed by atoms with E-state index in [1.165, 1.54) is 0 Å². The van der Waals surface area contributed by atoms with Gasteiger partial charge >= 0.3 is 6.48 Å². The van der Waals surface area contributed by atoms with E-state index in [2.05, 4.69) is 144 Å². The van der Waals surface area contributed by atoms with Gasteiger partial charge in [-0.2, -0.15) is 0 Å². The zero-order valence-corrected chi connectivity index (χ0v) is 18.8. The summed E-state index contributed by atoms with van der Waals surface area (Å²) in [5.41, 5.74) is 6.68. The first-order valence-electron chi connectivity index (χ1n) is 11.7. The zero-order valence-electron chi connectivity index (χ0n) is 18.8. The highest BCUT2D eigenvalue weighted by Gasteiger charge is 2.50. The highest BCUT2D eigenvalue weighted by atomic mass is 16.5. The molecule has 0 unspecified atom stereocenters. The van der Waals surface area contributed by atoms with E-state index >= 15 is 0 Å². The smallest absolute Gasteiger partial charge is 0.513 e. The molecule has 0 amide bonds. The van der Waals surface area contributed by atoms with Crippen molar-refractivity contribution in [2.75, 3.05) is 0 Å². The molecule has 6 rings (SSSR count). The molecule has 1 aliphatic heterocycles. The van der Waals surface area contributed by atoms with Gasteiger partial charge in [0.1, 0.15) is 6.20 Å². The number of benzene rings is 4. The average molecular weight is 437 g/mol. The van der Waals surface area contributed by atoms with Gasteiger partial charge in [0.2, 0.25) is 0 Å². The number of pyridine rings is 1. The van der Waals surface area contributed by atoms with Crippen LogP contribution >= 0.6 is 0 Å². The molecule has 0 fully saturated rings. The third kappa shape index (κ3) is 3.25. The van der Waals surface area contributed by atoms with Gasteiger partial charge in [-0.1, -0.05) is 138 Å². The molecule has 0 atom stereocenters. The molecule has 3 heteroatoms. The second-order valence-electron chi connectivity index (χ2n) is 8.61. The molecule has 0 bridgehead atoms. The third-order valence-electron chi connectivity index (χ3n) is 6.65. The van der Waals surface area contributed by atoms with Gasteiger partial charge in [0.25, 0.3) is 0 Å².